The van der Waals surface area contributed by atoms with Gasteiger partial charge in [-0.3, -0.25) is 0 Å². The molecule has 0 aromatic heterocycles. The van der Waals surface area contributed by atoms with Gasteiger partial charge in [0.05, 0.1) is 0 Å². The summed E-state index contributed by atoms with van der Waals surface area (Å²) >= 11 is 0. The van der Waals surface area contributed by atoms with Crippen molar-refractivity contribution in [1.29, 1.82) is 0 Å². The van der Waals surface area contributed by atoms with Crippen molar-refractivity contribution >= 4 is 23.9 Å². The quantitative estimate of drug-likeness (QED) is 0.465. The van der Waals surface area contributed by atoms with Gasteiger partial charge < -0.3 is 0 Å². The summed E-state index contributed by atoms with van der Waals surface area (Å²) < 4.78 is 0. The van der Waals surface area contributed by atoms with E-state index in [4.69, 9.17) is 0 Å². The molecule has 0 amide bonds. The Labute approximate surface area is 96.6 Å². The van der Waals surface area contributed by atoms with Crippen LogP contribution in [0.15, 0.2) is 0 Å². The second-order valence-electron chi connectivity index (χ2n) is 0. The predicted octanol–water partition coefficient (Wildman–Crippen LogP) is -0.924. The third kappa shape index (κ3) is 9.00. The molecular formula is H2NbSnZr2. The Balaban J connectivity index is 0. The molecule has 4 heavy (non-hydrogen) atoms. The Morgan fingerprint density at radius 3 is 0.750 bits per heavy atom. The Morgan fingerprint density at radius 2 is 0.750 bits per heavy atom. The van der Waals surface area contributed by atoms with Crippen LogP contribution in [0.1, 0.15) is 0 Å². The summed E-state index contributed by atoms with van der Waals surface area (Å²) in [5, 5.41) is 0. The molecule has 0 heterocycles. The summed E-state index contributed by atoms with van der Waals surface area (Å²) in [6, 6.07) is 0. The molecule has 0 fully saturated rings. The van der Waals surface area contributed by atoms with E-state index in [-0.39, 0.29) is 98.7 Å². The molecular weight excluding hydrogens is 394 g/mol. The van der Waals surface area contributed by atoms with Gasteiger partial charge in [-0.1, -0.05) is 0 Å². The molecule has 0 nitrogen and oxygen atoms in total. The van der Waals surface area contributed by atoms with E-state index in [1.165, 1.54) is 0 Å². The van der Waals surface area contributed by atoms with Crippen LogP contribution in [0.3, 0.4) is 0 Å². The van der Waals surface area contributed by atoms with Gasteiger partial charge in [0, 0.05) is 74.8 Å². The third-order valence-electron chi connectivity index (χ3n) is 0. The van der Waals surface area contributed by atoms with Crippen molar-refractivity contribution < 1.29 is 74.8 Å². The van der Waals surface area contributed by atoms with E-state index < -0.39 is 0 Å². The maximum atomic E-state index is 0. The molecule has 0 saturated heterocycles. The summed E-state index contributed by atoms with van der Waals surface area (Å²) in [6.45, 7) is 0. The van der Waals surface area contributed by atoms with Gasteiger partial charge in [0.2, 0.25) is 0 Å². The molecule has 0 unspecified atom stereocenters. The van der Waals surface area contributed by atoms with Gasteiger partial charge in [0.25, 0.3) is 0 Å². The van der Waals surface area contributed by atoms with Crippen LogP contribution in [0.2, 0.25) is 0 Å². The Kier molecular flexibility index (Phi) is 108. The standard InChI is InChI=1S/Nb.Sn.2Zr.2H. The van der Waals surface area contributed by atoms with Crippen LogP contribution in [0.25, 0.3) is 0 Å². The van der Waals surface area contributed by atoms with Crippen molar-refractivity contribution in [3.05, 3.63) is 0 Å². The van der Waals surface area contributed by atoms with Gasteiger partial charge in [-0.25, -0.2) is 0 Å². The minimum absolute atomic E-state index is 0. The van der Waals surface area contributed by atoms with E-state index in [1.54, 1.807) is 0 Å². The zero-order valence-electron chi connectivity index (χ0n) is 2.15. The average Bonchev–Trinajstić information content (AvgIpc) is 0. The second-order valence-corrected chi connectivity index (χ2v) is 0. The molecule has 0 aliphatic carbocycles. The van der Waals surface area contributed by atoms with Crippen LogP contribution in [0.4, 0.5) is 0 Å². The molecule has 0 rings (SSSR count). The molecule has 19 valence electrons. The maximum absolute atomic E-state index is 0. The molecule has 0 aromatic carbocycles. The maximum Gasteiger partial charge on any atom is 0 e. The summed E-state index contributed by atoms with van der Waals surface area (Å²) in [4.78, 5) is 0. The molecule has 0 aromatic rings. The van der Waals surface area contributed by atoms with Crippen molar-refractivity contribution in [2.45, 2.75) is 0 Å². The van der Waals surface area contributed by atoms with Gasteiger partial charge in [-0.05, 0) is 0 Å². The minimum Gasteiger partial charge on any atom is 0 e. The zero-order valence-corrected chi connectivity index (χ0v) is 13.3. The van der Waals surface area contributed by atoms with E-state index in [0.717, 1.165) is 0 Å². The van der Waals surface area contributed by atoms with Crippen molar-refractivity contribution in [2.75, 3.05) is 0 Å². The summed E-state index contributed by atoms with van der Waals surface area (Å²) in [6.07, 6.45) is 0. The molecule has 3 radical (unpaired) electrons. The molecule has 0 atom stereocenters. The number of hydrogen-bond acceptors (Lipinski definition) is 0. The van der Waals surface area contributed by atoms with Gasteiger partial charge in [-0.15, -0.1) is 0 Å². The van der Waals surface area contributed by atoms with Crippen molar-refractivity contribution in [3.63, 3.8) is 0 Å². The van der Waals surface area contributed by atoms with Gasteiger partial charge in [0.1, 0.15) is 0 Å². The molecule has 0 N–H and O–H groups in total. The topological polar surface area (TPSA) is 0 Å². The van der Waals surface area contributed by atoms with Crippen LogP contribution in [0, 0.1) is 0 Å². The Hall–Kier alpha value is 3.31. The van der Waals surface area contributed by atoms with Gasteiger partial charge in [0.15, 0.2) is 0 Å². The normalized spacial score (nSPS) is 0. The molecule has 0 spiro atoms. The van der Waals surface area contributed by atoms with E-state index >= 15 is 0 Å². The van der Waals surface area contributed by atoms with Crippen LogP contribution in [-0.2, 0) is 74.8 Å². The fraction of sp³-hybridized carbons (Fsp3) is 0. The first-order chi connectivity index (χ1) is 0. The summed E-state index contributed by atoms with van der Waals surface area (Å²) in [7, 11) is 0. The number of hydrogen-bond donors (Lipinski definition) is 0. The zero-order chi connectivity index (χ0) is 0. The first-order valence-corrected chi connectivity index (χ1v) is 0. The third-order valence-corrected chi connectivity index (χ3v) is 0. The van der Waals surface area contributed by atoms with Crippen LogP contribution in [-0.4, -0.2) is 23.9 Å². The minimum atomic E-state index is 0. The van der Waals surface area contributed by atoms with E-state index in [0.29, 0.717) is 0 Å². The molecule has 0 saturated carbocycles. The van der Waals surface area contributed by atoms with Crippen LogP contribution in [0.5, 0.6) is 0 Å². The van der Waals surface area contributed by atoms with E-state index in [9.17, 15) is 0 Å². The SMILES string of the molecule is [Nb].[SnH2].[Zr].[Zr]. The predicted molar refractivity (Wildman–Crippen MR) is 8.54 cm³/mol. The Morgan fingerprint density at radius 1 is 0.750 bits per heavy atom. The number of rotatable bonds is 0. The molecule has 4 heteroatoms. The van der Waals surface area contributed by atoms with Crippen LogP contribution >= 0.6 is 0 Å². The fourth-order valence-electron chi connectivity index (χ4n) is 0. The van der Waals surface area contributed by atoms with Crippen molar-refractivity contribution in [1.82, 2.24) is 0 Å². The van der Waals surface area contributed by atoms with Crippen molar-refractivity contribution in [3.8, 4) is 0 Å². The first kappa shape index (κ1) is 26.6. The smallest absolute Gasteiger partial charge is 0 e. The summed E-state index contributed by atoms with van der Waals surface area (Å²) in [5.41, 5.74) is 0. The van der Waals surface area contributed by atoms with Crippen molar-refractivity contribution in [2.24, 2.45) is 0 Å². The fourth-order valence-corrected chi connectivity index (χ4v) is 0. The van der Waals surface area contributed by atoms with E-state index in [1.807, 2.05) is 0 Å². The monoisotopic (exact) mass is 395 g/mol. The molecule has 0 aliphatic rings. The first-order valence-electron chi connectivity index (χ1n) is 0. The second kappa shape index (κ2) is 16.2. The van der Waals surface area contributed by atoms with Gasteiger partial charge >= 0.3 is 23.9 Å². The van der Waals surface area contributed by atoms with E-state index in [2.05, 4.69) is 0 Å². The van der Waals surface area contributed by atoms with Crippen LogP contribution < -0.4 is 0 Å². The largest absolute Gasteiger partial charge is 0 e. The average molecular weight is 396 g/mol. The molecule has 0 aliphatic heterocycles. The van der Waals surface area contributed by atoms with Gasteiger partial charge in [-0.2, -0.15) is 0 Å². The summed E-state index contributed by atoms with van der Waals surface area (Å²) in [5.74, 6) is 0. The Bertz CT molecular complexity index is 6.00. The molecule has 0 bridgehead atoms.